The van der Waals surface area contributed by atoms with E-state index in [0.29, 0.717) is 32.3 Å². The second-order valence-electron chi connectivity index (χ2n) is 7.27. The highest BCUT2D eigenvalue weighted by Crippen LogP contribution is 2.23. The van der Waals surface area contributed by atoms with Crippen molar-refractivity contribution in [1.29, 1.82) is 0 Å². The summed E-state index contributed by atoms with van der Waals surface area (Å²) < 4.78 is 38.4. The van der Waals surface area contributed by atoms with Crippen LogP contribution in [0.5, 0.6) is 5.75 Å². The molecule has 0 saturated carbocycles. The smallest absolute Gasteiger partial charge is 0.191 e. The van der Waals surface area contributed by atoms with Crippen LogP contribution in [0.15, 0.2) is 47.5 Å². The Labute approximate surface area is 182 Å². The third kappa shape index (κ3) is 6.38. The first kappa shape index (κ1) is 23.0. The Morgan fingerprint density at radius 2 is 1.77 bits per heavy atom. The number of aliphatic imine (C=N–C) groups is 1. The minimum atomic E-state index is -0.531. The summed E-state index contributed by atoms with van der Waals surface area (Å²) >= 11 is 0. The maximum Gasteiger partial charge on any atom is 0.191 e. The minimum Gasteiger partial charge on any atom is -0.497 e. The first-order chi connectivity index (χ1) is 15.1. The van der Waals surface area contributed by atoms with Crippen molar-refractivity contribution in [2.45, 2.75) is 12.5 Å². The lowest BCUT2D eigenvalue weighted by Crippen LogP contribution is -2.46. The first-order valence-corrected chi connectivity index (χ1v) is 10.5. The summed E-state index contributed by atoms with van der Waals surface area (Å²) in [5.74, 6) is 0.340. The SMILES string of the molecule is CN=C(NCCc1c(F)cccc1F)NCC(c1ccc(OC)cc1)N1CCOCC1. The number of guanidine groups is 1. The Kier molecular flexibility index (Phi) is 8.61. The third-order valence-corrected chi connectivity index (χ3v) is 5.40. The lowest BCUT2D eigenvalue weighted by atomic mass is 10.0. The maximum atomic E-state index is 13.8. The Morgan fingerprint density at radius 1 is 1.10 bits per heavy atom. The van der Waals surface area contributed by atoms with E-state index in [1.54, 1.807) is 14.2 Å². The van der Waals surface area contributed by atoms with Gasteiger partial charge in [0.1, 0.15) is 17.4 Å². The molecule has 2 N–H and O–H groups in total. The largest absolute Gasteiger partial charge is 0.497 e. The van der Waals surface area contributed by atoms with Crippen molar-refractivity contribution >= 4 is 5.96 Å². The van der Waals surface area contributed by atoms with Crippen molar-refractivity contribution in [2.24, 2.45) is 4.99 Å². The van der Waals surface area contributed by atoms with Crippen LogP contribution in [0.25, 0.3) is 0 Å². The van der Waals surface area contributed by atoms with E-state index in [-0.39, 0.29) is 18.0 Å². The minimum absolute atomic E-state index is 0.0786. The molecule has 1 fully saturated rings. The average Bonchev–Trinajstić information content (AvgIpc) is 2.81. The fraction of sp³-hybridized carbons (Fsp3) is 0.435. The molecule has 0 bridgehead atoms. The second kappa shape index (κ2) is 11.6. The highest BCUT2D eigenvalue weighted by atomic mass is 19.1. The lowest BCUT2D eigenvalue weighted by molar-refractivity contribution is 0.0170. The summed E-state index contributed by atoms with van der Waals surface area (Å²) in [6.07, 6.45) is 0.227. The number of methoxy groups -OCH3 is 1. The van der Waals surface area contributed by atoms with E-state index in [2.05, 4.69) is 32.7 Å². The zero-order valence-electron chi connectivity index (χ0n) is 18.0. The van der Waals surface area contributed by atoms with Crippen LogP contribution in [0.4, 0.5) is 8.78 Å². The Balaban J connectivity index is 1.60. The lowest BCUT2D eigenvalue weighted by Gasteiger charge is -2.35. The van der Waals surface area contributed by atoms with Crippen molar-refractivity contribution in [2.75, 3.05) is 53.6 Å². The van der Waals surface area contributed by atoms with Gasteiger partial charge in [-0.1, -0.05) is 18.2 Å². The van der Waals surface area contributed by atoms with Gasteiger partial charge in [-0.25, -0.2) is 8.78 Å². The van der Waals surface area contributed by atoms with Crippen molar-refractivity contribution < 1.29 is 18.3 Å². The molecule has 2 aromatic carbocycles. The summed E-state index contributed by atoms with van der Waals surface area (Å²) in [5.41, 5.74) is 1.24. The molecule has 1 saturated heterocycles. The summed E-state index contributed by atoms with van der Waals surface area (Å²) in [4.78, 5) is 6.62. The number of nitrogens with one attached hydrogen (secondary N) is 2. The Bertz CT molecular complexity index is 835. The Hall–Kier alpha value is -2.71. The van der Waals surface area contributed by atoms with Gasteiger partial charge in [0.25, 0.3) is 0 Å². The molecule has 0 aliphatic carbocycles. The second-order valence-corrected chi connectivity index (χ2v) is 7.27. The fourth-order valence-electron chi connectivity index (χ4n) is 3.66. The molecule has 1 aliphatic rings. The van der Waals surface area contributed by atoms with E-state index in [9.17, 15) is 8.78 Å². The van der Waals surface area contributed by atoms with Crippen molar-refractivity contribution in [3.63, 3.8) is 0 Å². The predicted molar refractivity (Wildman–Crippen MR) is 118 cm³/mol. The number of morpholine rings is 1. The monoisotopic (exact) mass is 432 g/mol. The van der Waals surface area contributed by atoms with E-state index in [0.717, 1.165) is 18.8 Å². The third-order valence-electron chi connectivity index (χ3n) is 5.40. The quantitative estimate of drug-likeness (QED) is 0.496. The van der Waals surface area contributed by atoms with Crippen LogP contribution in [0.3, 0.4) is 0 Å². The molecule has 1 atom stereocenters. The van der Waals surface area contributed by atoms with Crippen LogP contribution in [-0.4, -0.2) is 64.4 Å². The van der Waals surface area contributed by atoms with Gasteiger partial charge in [-0.2, -0.15) is 0 Å². The number of rotatable bonds is 8. The van der Waals surface area contributed by atoms with Crippen LogP contribution < -0.4 is 15.4 Å². The Morgan fingerprint density at radius 3 is 2.39 bits per heavy atom. The molecule has 6 nitrogen and oxygen atoms in total. The summed E-state index contributed by atoms with van der Waals surface area (Å²) in [6.45, 7) is 4.08. The molecule has 1 unspecified atom stereocenters. The van der Waals surface area contributed by atoms with Crippen molar-refractivity contribution in [3.05, 3.63) is 65.2 Å². The molecule has 168 valence electrons. The molecule has 3 rings (SSSR count). The van der Waals surface area contributed by atoms with E-state index in [1.165, 1.54) is 23.8 Å². The molecular weight excluding hydrogens is 402 g/mol. The molecule has 2 aromatic rings. The zero-order valence-corrected chi connectivity index (χ0v) is 18.0. The van der Waals surface area contributed by atoms with Gasteiger partial charge in [0.05, 0.1) is 26.4 Å². The highest BCUT2D eigenvalue weighted by Gasteiger charge is 2.23. The molecule has 0 aromatic heterocycles. The number of benzene rings is 2. The van der Waals surface area contributed by atoms with Crippen LogP contribution in [0.1, 0.15) is 17.2 Å². The number of halogens is 2. The highest BCUT2D eigenvalue weighted by molar-refractivity contribution is 5.79. The van der Waals surface area contributed by atoms with Gasteiger partial charge in [0, 0.05) is 38.8 Å². The van der Waals surface area contributed by atoms with Gasteiger partial charge in [-0.05, 0) is 36.2 Å². The van der Waals surface area contributed by atoms with Crippen LogP contribution in [0, 0.1) is 11.6 Å². The molecule has 8 heteroatoms. The molecule has 0 amide bonds. The van der Waals surface area contributed by atoms with Gasteiger partial charge >= 0.3 is 0 Å². The van der Waals surface area contributed by atoms with Crippen LogP contribution >= 0.6 is 0 Å². The van der Waals surface area contributed by atoms with Crippen LogP contribution in [-0.2, 0) is 11.2 Å². The van der Waals surface area contributed by atoms with Gasteiger partial charge in [0.15, 0.2) is 5.96 Å². The zero-order chi connectivity index (χ0) is 22.1. The van der Waals surface area contributed by atoms with Crippen LogP contribution in [0.2, 0.25) is 0 Å². The molecule has 1 heterocycles. The maximum absolute atomic E-state index is 13.8. The molecule has 31 heavy (non-hydrogen) atoms. The standard InChI is InChI=1S/C23H30F2N4O2/c1-26-23(27-11-10-19-20(24)4-3-5-21(19)25)28-16-22(29-12-14-31-15-13-29)17-6-8-18(30-2)9-7-17/h3-9,22H,10-16H2,1-2H3,(H2,26,27,28). The van der Waals surface area contributed by atoms with Gasteiger partial charge in [-0.3, -0.25) is 9.89 Å². The number of hydrogen-bond acceptors (Lipinski definition) is 4. The number of ether oxygens (including phenoxy) is 2. The van der Waals surface area contributed by atoms with Gasteiger partial charge in [0.2, 0.25) is 0 Å². The summed E-state index contributed by atoms with van der Waals surface area (Å²) in [6, 6.07) is 12.1. The summed E-state index contributed by atoms with van der Waals surface area (Å²) in [7, 11) is 3.33. The first-order valence-electron chi connectivity index (χ1n) is 10.5. The fourth-order valence-corrected chi connectivity index (χ4v) is 3.66. The van der Waals surface area contributed by atoms with E-state index < -0.39 is 11.6 Å². The van der Waals surface area contributed by atoms with Crippen molar-refractivity contribution in [1.82, 2.24) is 15.5 Å². The summed E-state index contributed by atoms with van der Waals surface area (Å²) in [5, 5.41) is 6.49. The molecule has 0 radical (unpaired) electrons. The number of nitrogens with zero attached hydrogens (tertiary/aromatic N) is 2. The normalized spacial score (nSPS) is 16.1. The van der Waals surface area contributed by atoms with E-state index in [1.807, 2.05) is 12.1 Å². The van der Waals surface area contributed by atoms with Gasteiger partial charge in [-0.15, -0.1) is 0 Å². The predicted octanol–water partition coefficient (Wildman–Crippen LogP) is 2.75. The topological polar surface area (TPSA) is 58.1 Å². The van der Waals surface area contributed by atoms with Gasteiger partial charge < -0.3 is 20.1 Å². The number of hydrogen-bond donors (Lipinski definition) is 2. The average molecular weight is 433 g/mol. The van der Waals surface area contributed by atoms with E-state index in [4.69, 9.17) is 9.47 Å². The molecule has 0 spiro atoms. The molecular formula is C23H30F2N4O2. The molecule has 1 aliphatic heterocycles. The van der Waals surface area contributed by atoms with E-state index >= 15 is 0 Å². The van der Waals surface area contributed by atoms with Crippen molar-refractivity contribution in [3.8, 4) is 5.75 Å².